The van der Waals surface area contributed by atoms with Gasteiger partial charge in [0.15, 0.2) is 0 Å². The fraction of sp³-hybridized carbons (Fsp3) is 0.0737. The first-order chi connectivity index (χ1) is 47.6. The summed E-state index contributed by atoms with van der Waals surface area (Å²) in [6.45, 7) is 9.64. The minimum atomic E-state index is -0.333. The van der Waals surface area contributed by atoms with Crippen LogP contribution in [0, 0.1) is 0 Å². The Morgan fingerprint density at radius 3 is 1.20 bits per heavy atom. The number of hydrogen-bond donors (Lipinski definition) is 0. The van der Waals surface area contributed by atoms with Gasteiger partial charge in [-0.05, 0) is 209 Å². The highest BCUT2D eigenvalue weighted by Gasteiger charge is 2.46. The van der Waals surface area contributed by atoms with E-state index >= 15 is 0 Å². The van der Waals surface area contributed by atoms with E-state index in [0.717, 1.165) is 17.1 Å². The average Bonchev–Trinajstić information content (AvgIpc) is 1.63. The molecule has 3 aliphatic rings. The number of fused-ring (bicyclic) bond motifs is 9. The molecule has 2 aliphatic carbocycles. The largest absolute Gasteiger partial charge is 0.310 e. The summed E-state index contributed by atoms with van der Waals surface area (Å²) in [6.07, 6.45) is 0. The van der Waals surface area contributed by atoms with Crippen LogP contribution in [0.5, 0.6) is 0 Å². The molecule has 15 aromatic rings. The summed E-state index contributed by atoms with van der Waals surface area (Å²) in [5.74, 6) is 0. The highest BCUT2D eigenvalue weighted by molar-refractivity contribution is 6.01. The molecule has 97 heavy (non-hydrogen) atoms. The van der Waals surface area contributed by atoms with Gasteiger partial charge in [-0.3, -0.25) is 0 Å². The van der Waals surface area contributed by atoms with Gasteiger partial charge in [0.2, 0.25) is 0 Å². The molecule has 2 heteroatoms. The lowest BCUT2D eigenvalue weighted by Gasteiger charge is -2.43. The predicted molar refractivity (Wildman–Crippen MR) is 407 cm³/mol. The lowest BCUT2D eigenvalue weighted by molar-refractivity contribution is 0.632. The fourth-order valence-electron chi connectivity index (χ4n) is 16.7. The van der Waals surface area contributed by atoms with Gasteiger partial charge in [-0.15, -0.1) is 0 Å². The molecule has 0 amide bonds. The second kappa shape index (κ2) is 22.7. The van der Waals surface area contributed by atoms with Gasteiger partial charge in [-0.25, -0.2) is 0 Å². The van der Waals surface area contributed by atoms with Crippen molar-refractivity contribution in [2.75, 3.05) is 9.80 Å². The molecule has 460 valence electrons. The first-order valence-corrected chi connectivity index (χ1v) is 34.0. The van der Waals surface area contributed by atoms with E-state index in [9.17, 15) is 0 Å². The van der Waals surface area contributed by atoms with Crippen LogP contribution in [0.15, 0.2) is 352 Å². The highest BCUT2D eigenvalue weighted by atomic mass is 15.2. The van der Waals surface area contributed by atoms with Crippen molar-refractivity contribution in [2.45, 2.75) is 43.9 Å². The Hall–Kier alpha value is -11.8. The maximum atomic E-state index is 2.57. The van der Waals surface area contributed by atoms with Crippen molar-refractivity contribution in [2.24, 2.45) is 0 Å². The summed E-state index contributed by atoms with van der Waals surface area (Å²) in [5.41, 5.74) is 33.5. The Morgan fingerprint density at radius 2 is 0.608 bits per heavy atom. The molecule has 0 saturated carbocycles. The molecule has 2 nitrogen and oxygen atoms in total. The molecular weight excluding hydrogens is 1170 g/mol. The van der Waals surface area contributed by atoms with E-state index in [1.807, 2.05) is 0 Å². The zero-order chi connectivity index (χ0) is 65.0. The van der Waals surface area contributed by atoms with E-state index in [4.69, 9.17) is 0 Å². The Morgan fingerprint density at radius 1 is 0.237 bits per heavy atom. The lowest BCUT2D eigenvalue weighted by Crippen LogP contribution is -2.31. The molecule has 2 unspecified atom stereocenters. The summed E-state index contributed by atoms with van der Waals surface area (Å²) in [7, 11) is 0. The van der Waals surface area contributed by atoms with E-state index < -0.39 is 0 Å². The first-order valence-electron chi connectivity index (χ1n) is 34.0. The second-order valence-electron chi connectivity index (χ2n) is 27.4. The van der Waals surface area contributed by atoms with Gasteiger partial charge in [0.05, 0.1) is 22.7 Å². The molecule has 18 rings (SSSR count). The van der Waals surface area contributed by atoms with Crippen LogP contribution in [0.2, 0.25) is 0 Å². The van der Waals surface area contributed by atoms with Crippen molar-refractivity contribution in [3.8, 4) is 77.9 Å². The third-order valence-corrected chi connectivity index (χ3v) is 21.8. The zero-order valence-corrected chi connectivity index (χ0v) is 54.9. The smallest absolute Gasteiger partial charge is 0.0543 e. The minimum absolute atomic E-state index is 0.324. The molecule has 2 atom stereocenters. The molecule has 0 N–H and O–H groups in total. The van der Waals surface area contributed by atoms with Crippen LogP contribution in [-0.4, -0.2) is 0 Å². The van der Waals surface area contributed by atoms with Crippen LogP contribution >= 0.6 is 0 Å². The maximum Gasteiger partial charge on any atom is 0.0543 e. The summed E-state index contributed by atoms with van der Waals surface area (Å²) in [4.78, 5) is 5.04. The standard InChI is InChI=1S/C95H70N2/c1-93(2)85-61-73(64-26-11-6-12-27-64)51-56-87(85)97(90-41-23-39-84-92(90)80-35-18-20-37-82(80)95(84,4)76-32-15-8-16-33-76)88-57-52-74(62-86(88)93)67-44-42-66(43-45-67)68-28-21-29-69(58-68)70-46-47-72-60-78(55-50-71(72)59-70)96(77-53-48-65(49-54-77)63-24-9-5-10-25-63)89-40-22-38-83-91(89)79-34-17-19-36-81(79)94(83,3)75-30-13-7-14-31-75/h5-62H,1-4H3. The first kappa shape index (κ1) is 57.8. The van der Waals surface area contributed by atoms with E-state index in [0.29, 0.717) is 0 Å². The summed E-state index contributed by atoms with van der Waals surface area (Å²) < 4.78 is 0. The van der Waals surface area contributed by atoms with E-state index in [1.165, 1.54) is 150 Å². The van der Waals surface area contributed by atoms with Gasteiger partial charge in [-0.1, -0.05) is 293 Å². The number of anilines is 6. The molecular formula is C95H70N2. The topological polar surface area (TPSA) is 6.48 Å². The fourth-order valence-corrected chi connectivity index (χ4v) is 16.7. The molecule has 15 aromatic carbocycles. The molecule has 0 fully saturated rings. The Labute approximate surface area is 569 Å². The summed E-state index contributed by atoms with van der Waals surface area (Å²) in [5, 5.41) is 2.37. The SMILES string of the molecule is CC1(C)c2cc(-c3ccccc3)ccc2N(c2cccc3c2-c2ccccc2C3(C)c2ccccc2)c2ccc(-c3ccc(-c4cccc(-c5ccc6cc(N(c7ccc(-c8ccccc8)cc7)c7cccc8c7-c7ccccc7C8(C)c7ccccc7)ccc6c5)c4)cc3)cc21. The van der Waals surface area contributed by atoms with Crippen LogP contribution < -0.4 is 9.80 Å². The second-order valence-corrected chi connectivity index (χ2v) is 27.4. The van der Waals surface area contributed by atoms with E-state index in [-0.39, 0.29) is 16.2 Å². The van der Waals surface area contributed by atoms with Crippen molar-refractivity contribution >= 4 is 44.9 Å². The van der Waals surface area contributed by atoms with E-state index in [1.54, 1.807) is 0 Å². The average molecular weight is 1240 g/mol. The van der Waals surface area contributed by atoms with Gasteiger partial charge in [-0.2, -0.15) is 0 Å². The van der Waals surface area contributed by atoms with Gasteiger partial charge >= 0.3 is 0 Å². The quantitative estimate of drug-likeness (QED) is 0.127. The molecule has 0 saturated heterocycles. The Balaban J connectivity index is 0.683. The normalized spacial score (nSPS) is 16.0. The number of nitrogens with zero attached hydrogens (tertiary/aromatic N) is 2. The van der Waals surface area contributed by atoms with E-state index in [2.05, 4.69) is 389 Å². The van der Waals surface area contributed by atoms with Crippen molar-refractivity contribution in [3.63, 3.8) is 0 Å². The van der Waals surface area contributed by atoms with Crippen LogP contribution in [-0.2, 0) is 16.2 Å². The zero-order valence-electron chi connectivity index (χ0n) is 54.9. The minimum Gasteiger partial charge on any atom is -0.310 e. The molecule has 1 aliphatic heterocycles. The van der Waals surface area contributed by atoms with Crippen LogP contribution in [0.1, 0.15) is 72.2 Å². The molecule has 1 heterocycles. The van der Waals surface area contributed by atoms with Gasteiger partial charge in [0, 0.05) is 38.7 Å². The maximum absolute atomic E-state index is 2.57. The number of rotatable bonds is 11. The van der Waals surface area contributed by atoms with Crippen molar-refractivity contribution < 1.29 is 0 Å². The van der Waals surface area contributed by atoms with Crippen molar-refractivity contribution in [1.29, 1.82) is 0 Å². The van der Waals surface area contributed by atoms with Gasteiger partial charge in [0.25, 0.3) is 0 Å². The monoisotopic (exact) mass is 1240 g/mol. The van der Waals surface area contributed by atoms with Gasteiger partial charge in [0.1, 0.15) is 0 Å². The molecule has 0 spiro atoms. The number of hydrogen-bond acceptors (Lipinski definition) is 2. The lowest BCUT2D eigenvalue weighted by atomic mass is 9.72. The van der Waals surface area contributed by atoms with Gasteiger partial charge < -0.3 is 9.80 Å². The predicted octanol–water partition coefficient (Wildman–Crippen LogP) is 25.4. The molecule has 0 bridgehead atoms. The molecule has 0 radical (unpaired) electrons. The third-order valence-electron chi connectivity index (χ3n) is 21.8. The van der Waals surface area contributed by atoms with Crippen LogP contribution in [0.4, 0.5) is 34.1 Å². The van der Waals surface area contributed by atoms with Crippen molar-refractivity contribution in [3.05, 3.63) is 396 Å². The summed E-state index contributed by atoms with van der Waals surface area (Å²) in [6, 6.07) is 131. The summed E-state index contributed by atoms with van der Waals surface area (Å²) >= 11 is 0. The third kappa shape index (κ3) is 9.22. The van der Waals surface area contributed by atoms with Crippen LogP contribution in [0.3, 0.4) is 0 Å². The van der Waals surface area contributed by atoms with Crippen molar-refractivity contribution in [1.82, 2.24) is 0 Å². The number of benzene rings is 15. The molecule has 0 aromatic heterocycles. The Kier molecular flexibility index (Phi) is 13.5. The van der Waals surface area contributed by atoms with Crippen LogP contribution in [0.25, 0.3) is 88.7 Å². The Bertz CT molecular complexity index is 5560. The highest BCUT2D eigenvalue weighted by Crippen LogP contribution is 2.61.